The Labute approximate surface area is 190 Å². The number of ketones is 1. The zero-order chi connectivity index (χ0) is 22.1. The fraction of sp³-hybridized carbons (Fsp3) is 0.115. The molecule has 0 unspecified atom stereocenters. The highest BCUT2D eigenvalue weighted by Crippen LogP contribution is 2.30. The van der Waals surface area contributed by atoms with Crippen LogP contribution in [0.1, 0.15) is 24.2 Å². The van der Waals surface area contributed by atoms with Crippen molar-refractivity contribution in [2.24, 2.45) is 0 Å². The first-order valence-electron chi connectivity index (χ1n) is 10.4. The van der Waals surface area contributed by atoms with Gasteiger partial charge in [-0.05, 0) is 37.1 Å². The number of carbonyl (C=O) groups is 1. The lowest BCUT2D eigenvalue weighted by molar-refractivity contribution is 0.101. The van der Waals surface area contributed by atoms with Gasteiger partial charge in [-0.3, -0.25) is 4.79 Å². The third kappa shape index (κ3) is 3.92. The van der Waals surface area contributed by atoms with Crippen molar-refractivity contribution in [3.63, 3.8) is 0 Å². The van der Waals surface area contributed by atoms with Gasteiger partial charge in [-0.2, -0.15) is 5.10 Å². The highest BCUT2D eigenvalue weighted by Gasteiger charge is 2.12. The van der Waals surface area contributed by atoms with Crippen LogP contribution >= 0.6 is 11.3 Å². The van der Waals surface area contributed by atoms with Crippen LogP contribution < -0.4 is 4.74 Å². The molecule has 0 aliphatic carbocycles. The van der Waals surface area contributed by atoms with Crippen molar-refractivity contribution in [2.75, 3.05) is 6.61 Å². The van der Waals surface area contributed by atoms with Crippen LogP contribution in [0, 0.1) is 0 Å². The molecular weight excluding hydrogens is 418 g/mol. The van der Waals surface area contributed by atoms with E-state index < -0.39 is 0 Å². The average molecular weight is 440 g/mol. The molecule has 0 atom stereocenters. The molecule has 0 amide bonds. The van der Waals surface area contributed by atoms with E-state index in [9.17, 15) is 4.79 Å². The Hall–Kier alpha value is -3.77. The molecule has 5 aromatic rings. The predicted octanol–water partition coefficient (Wildman–Crippen LogP) is 6.39. The molecule has 0 saturated heterocycles. The summed E-state index contributed by atoms with van der Waals surface area (Å²) in [6.07, 6.45) is 1.92. The second kappa shape index (κ2) is 8.40. The van der Waals surface area contributed by atoms with Crippen molar-refractivity contribution in [2.45, 2.75) is 13.8 Å². The number of rotatable bonds is 6. The molecule has 2 aromatic heterocycles. The molecule has 0 aliphatic rings. The Balaban J connectivity index is 1.36. The Bertz CT molecular complexity index is 1350. The monoisotopic (exact) mass is 439 g/mol. The fourth-order valence-corrected chi connectivity index (χ4v) is 4.43. The van der Waals surface area contributed by atoms with Crippen LogP contribution in [-0.4, -0.2) is 27.0 Å². The second-order valence-electron chi connectivity index (χ2n) is 7.43. The number of Topliss-reactive ketones (excluding diaryl/α,β-unsaturated/α-hetero) is 1. The van der Waals surface area contributed by atoms with Crippen molar-refractivity contribution in [1.29, 1.82) is 0 Å². The second-order valence-corrected chi connectivity index (χ2v) is 8.38. The normalized spacial score (nSPS) is 11.1. The van der Waals surface area contributed by atoms with Gasteiger partial charge in [0.2, 0.25) is 4.96 Å². The van der Waals surface area contributed by atoms with Crippen LogP contribution in [0.2, 0.25) is 0 Å². The van der Waals surface area contributed by atoms with Crippen LogP contribution in [0.4, 0.5) is 0 Å². The van der Waals surface area contributed by atoms with Crippen LogP contribution in [-0.2, 0) is 0 Å². The number of fused-ring (bicyclic) bond motifs is 1. The van der Waals surface area contributed by atoms with E-state index in [2.05, 4.69) is 36.4 Å². The molecular formula is C26H21N3O2S. The number of nitrogens with zero attached hydrogens (tertiary/aromatic N) is 3. The summed E-state index contributed by atoms with van der Waals surface area (Å²) in [5, 5.41) is 5.63. The van der Waals surface area contributed by atoms with Crippen molar-refractivity contribution in [3.05, 3.63) is 84.6 Å². The number of hydrogen-bond donors (Lipinski definition) is 0. The van der Waals surface area contributed by atoms with Crippen LogP contribution in [0.5, 0.6) is 5.75 Å². The van der Waals surface area contributed by atoms with Crippen LogP contribution in [0.25, 0.3) is 37.9 Å². The van der Waals surface area contributed by atoms with Crippen molar-refractivity contribution in [3.8, 4) is 38.7 Å². The Morgan fingerprint density at radius 2 is 1.47 bits per heavy atom. The molecule has 5 nitrogen and oxygen atoms in total. The first kappa shape index (κ1) is 20.2. The summed E-state index contributed by atoms with van der Waals surface area (Å²) in [5.74, 6) is 0.940. The Morgan fingerprint density at radius 1 is 0.875 bits per heavy atom. The maximum absolute atomic E-state index is 11.5. The minimum absolute atomic E-state index is 0.0576. The summed E-state index contributed by atoms with van der Waals surface area (Å²) in [4.78, 5) is 17.0. The average Bonchev–Trinajstić information content (AvgIpc) is 3.40. The number of aromatic nitrogens is 3. The number of carbonyl (C=O) groups excluding carboxylic acids is 1. The zero-order valence-corrected chi connectivity index (χ0v) is 18.6. The van der Waals surface area contributed by atoms with E-state index in [1.165, 1.54) is 0 Å². The molecule has 158 valence electrons. The third-order valence-corrected chi connectivity index (χ3v) is 6.23. The van der Waals surface area contributed by atoms with E-state index in [1.807, 2.05) is 54.0 Å². The van der Waals surface area contributed by atoms with E-state index >= 15 is 0 Å². The van der Waals surface area contributed by atoms with Gasteiger partial charge in [0.25, 0.3) is 0 Å². The minimum Gasteiger partial charge on any atom is -0.494 e. The molecule has 0 radical (unpaired) electrons. The lowest BCUT2D eigenvalue weighted by Gasteiger charge is -2.06. The topological polar surface area (TPSA) is 56.5 Å². The first-order valence-corrected chi connectivity index (χ1v) is 11.2. The summed E-state index contributed by atoms with van der Waals surface area (Å²) in [6.45, 7) is 4.22. The van der Waals surface area contributed by atoms with Crippen LogP contribution in [0.15, 0.2) is 79.0 Å². The smallest absolute Gasteiger partial charge is 0.213 e. The summed E-state index contributed by atoms with van der Waals surface area (Å²) in [5.41, 5.74) is 5.86. The molecule has 0 bridgehead atoms. The lowest BCUT2D eigenvalue weighted by Crippen LogP contribution is -1.90. The molecule has 0 saturated carbocycles. The van der Waals surface area contributed by atoms with Gasteiger partial charge in [0, 0.05) is 16.7 Å². The summed E-state index contributed by atoms with van der Waals surface area (Å²) in [6, 6.07) is 24.0. The predicted molar refractivity (Wildman–Crippen MR) is 128 cm³/mol. The highest BCUT2D eigenvalue weighted by atomic mass is 32.1. The summed E-state index contributed by atoms with van der Waals surface area (Å²) >= 11 is 1.55. The first-order chi connectivity index (χ1) is 15.6. The Kier molecular flexibility index (Phi) is 5.29. The zero-order valence-electron chi connectivity index (χ0n) is 17.8. The molecule has 0 aliphatic heterocycles. The molecule has 6 heteroatoms. The Morgan fingerprint density at radius 3 is 2.06 bits per heavy atom. The van der Waals surface area contributed by atoms with E-state index in [-0.39, 0.29) is 5.78 Å². The third-order valence-electron chi connectivity index (χ3n) is 5.26. The number of benzene rings is 3. The van der Waals surface area contributed by atoms with Gasteiger partial charge in [-0.25, -0.2) is 9.50 Å². The summed E-state index contributed by atoms with van der Waals surface area (Å²) in [7, 11) is 0. The van der Waals surface area contributed by atoms with Crippen molar-refractivity contribution < 1.29 is 9.53 Å². The van der Waals surface area contributed by atoms with Crippen molar-refractivity contribution in [1.82, 2.24) is 14.6 Å². The van der Waals surface area contributed by atoms with Crippen LogP contribution in [0.3, 0.4) is 0 Å². The molecule has 32 heavy (non-hydrogen) atoms. The van der Waals surface area contributed by atoms with Gasteiger partial charge >= 0.3 is 0 Å². The quantitative estimate of drug-likeness (QED) is 0.288. The van der Waals surface area contributed by atoms with Gasteiger partial charge in [-0.15, -0.1) is 0 Å². The number of imidazole rings is 1. The maximum Gasteiger partial charge on any atom is 0.213 e. The SMILES string of the molecule is CCOc1ccc(-c2ccc(-c3nn4cc(-c5ccc(C(C)=O)cc5)nc4s3)cc2)cc1. The molecule has 0 N–H and O–H groups in total. The maximum atomic E-state index is 11.5. The minimum atomic E-state index is 0.0576. The molecule has 5 rings (SSSR count). The van der Waals surface area contributed by atoms with Crippen molar-refractivity contribution >= 4 is 22.1 Å². The van der Waals surface area contributed by atoms with E-state index in [4.69, 9.17) is 14.8 Å². The summed E-state index contributed by atoms with van der Waals surface area (Å²) < 4.78 is 7.33. The highest BCUT2D eigenvalue weighted by molar-refractivity contribution is 7.19. The molecule has 0 spiro atoms. The number of ether oxygens (including phenoxy) is 1. The fourth-order valence-electron chi connectivity index (χ4n) is 3.55. The lowest BCUT2D eigenvalue weighted by atomic mass is 10.0. The van der Waals surface area contributed by atoms with E-state index in [0.29, 0.717) is 12.2 Å². The van der Waals surface area contributed by atoms with Gasteiger partial charge in [0.1, 0.15) is 10.8 Å². The van der Waals surface area contributed by atoms with Gasteiger partial charge < -0.3 is 4.74 Å². The number of hydrogen-bond acceptors (Lipinski definition) is 5. The molecule has 0 fully saturated rings. The molecule has 2 heterocycles. The van der Waals surface area contributed by atoms with Gasteiger partial charge in [-0.1, -0.05) is 72.0 Å². The van der Waals surface area contributed by atoms with Gasteiger partial charge in [0.05, 0.1) is 18.5 Å². The van der Waals surface area contributed by atoms with E-state index in [0.717, 1.165) is 43.7 Å². The molecule has 3 aromatic carbocycles. The standard InChI is InChI=1S/C26H21N3O2S/c1-3-31-23-14-12-20(13-15-23)19-6-10-22(11-7-19)25-28-29-16-24(27-26(29)32-25)21-8-4-18(5-9-21)17(2)30/h4-16H,3H2,1-2H3. The largest absolute Gasteiger partial charge is 0.494 e. The van der Waals surface area contributed by atoms with Gasteiger partial charge in [0.15, 0.2) is 5.78 Å². The van der Waals surface area contributed by atoms with E-state index in [1.54, 1.807) is 18.3 Å².